The van der Waals surface area contributed by atoms with Gasteiger partial charge in [-0.15, -0.1) is 0 Å². The zero-order chi connectivity index (χ0) is 75.3. The van der Waals surface area contributed by atoms with E-state index in [9.17, 15) is 54.0 Å². The highest BCUT2D eigenvalue weighted by Gasteiger charge is 2.36. The lowest BCUT2D eigenvalue weighted by Crippen LogP contribution is -2.61. The van der Waals surface area contributed by atoms with E-state index in [1.54, 1.807) is 97.8 Å². The molecule has 6 aromatic carbocycles. The maximum Gasteiger partial charge on any atom is 0.326 e. The zero-order valence-corrected chi connectivity index (χ0v) is 57.5. The van der Waals surface area contributed by atoms with Crippen LogP contribution < -0.4 is 53.6 Å². The zero-order valence-electron chi connectivity index (χ0n) is 57.5. The van der Waals surface area contributed by atoms with Gasteiger partial charge in [-0.25, -0.2) is 4.79 Å². The Labute approximate surface area is 609 Å². The van der Waals surface area contributed by atoms with Crippen molar-refractivity contribution in [2.45, 2.75) is 92.9 Å². The molecule has 21 N–H and O–H groups in total. The molecule has 6 aromatic heterocycles. The van der Waals surface area contributed by atoms with Crippen molar-refractivity contribution in [2.75, 3.05) is 26.4 Å². The molecule has 9 amide bonds. The van der Waals surface area contributed by atoms with Gasteiger partial charge in [-0.2, -0.15) is 0 Å². The molecule has 552 valence electrons. The van der Waals surface area contributed by atoms with Crippen LogP contribution in [0, 0.1) is 0 Å². The van der Waals surface area contributed by atoms with Gasteiger partial charge < -0.3 is 104 Å². The summed E-state index contributed by atoms with van der Waals surface area (Å²) in [5, 5.41) is 68.4. The molecular weight excluding hydrogens is 1370 g/mol. The van der Waals surface area contributed by atoms with Gasteiger partial charge in [-0.3, -0.25) is 43.2 Å². The number of aromatic nitrogens is 6. The number of nitrogens with two attached hydrogens (primary N) is 1. The van der Waals surface area contributed by atoms with E-state index in [1.807, 2.05) is 84.9 Å². The Morgan fingerprint density at radius 2 is 0.514 bits per heavy atom. The van der Waals surface area contributed by atoms with Crippen molar-refractivity contribution in [2.24, 2.45) is 5.73 Å². The van der Waals surface area contributed by atoms with Gasteiger partial charge in [0.2, 0.25) is 53.2 Å². The van der Waals surface area contributed by atoms with Crippen molar-refractivity contribution >= 4 is 125 Å². The molecule has 0 saturated heterocycles. The molecule has 0 fully saturated rings. The first-order valence-electron chi connectivity index (χ1n) is 34.6. The Morgan fingerprint density at radius 3 is 0.785 bits per heavy atom. The molecule has 12 rings (SSSR count). The standard InChI is InChI=1S/C77H80N16O14/c78-53(38-94)69(98)92-66(39-95)76(105)93-67(40-96)75(104)90-63(28-44-34-82-57-22-10-4-16-50(44)57)72(101)87-60(25-41-31-79-54-19-7-1-13-47(41)54)70(99)85-37-68(97)86-61(26-42-32-80-55-20-8-2-14-48(42)55)71(100)88-62(27-43-33-81-56-21-9-3-15-49(43)56)73(102)89-64(29-45-35-83-58-23-11-5-17-51(45)58)74(103)91-65(77(106)107)30-46-36-84-59-24-12-6-18-52(46)59/h1-24,31-36,53,60-67,79-84,94-96H,25-30,37-40,78H2,(H,85,99)(H,86,97)(H,87,101)(H,88,100)(H,89,102)(H,90,104)(H,91,103)(H,92,98)(H,93,105)(H,106,107)/t53-,60-,61-,62-,63-,64-,65-,66-,67-/m0/s1. The molecule has 0 saturated carbocycles. The Kier molecular flexibility index (Phi) is 23.2. The minimum absolute atomic E-state index is 0.119. The smallest absolute Gasteiger partial charge is 0.326 e. The monoisotopic (exact) mass is 1450 g/mol. The number of benzene rings is 6. The van der Waals surface area contributed by atoms with E-state index in [0.29, 0.717) is 77.0 Å². The number of aliphatic hydroxyl groups excluding tert-OH is 3. The molecule has 0 radical (unpaired) electrons. The fourth-order valence-corrected chi connectivity index (χ4v) is 13.3. The largest absolute Gasteiger partial charge is 0.480 e. The highest BCUT2D eigenvalue weighted by atomic mass is 16.4. The average molecular weight is 1450 g/mol. The Hall–Kier alpha value is -12.9. The molecule has 107 heavy (non-hydrogen) atoms. The van der Waals surface area contributed by atoms with E-state index >= 15 is 14.4 Å². The third kappa shape index (κ3) is 17.5. The molecule has 12 aromatic rings. The summed E-state index contributed by atoms with van der Waals surface area (Å²) in [6.45, 7) is -3.61. The number of carbonyl (C=O) groups excluding carboxylic acids is 9. The first kappa shape index (κ1) is 73.8. The SMILES string of the molecule is N[C@@H](CO)C(=O)N[C@@H](CO)C(=O)N[C@@H](CO)C(=O)N[C@@H](Cc1c[nH]c2ccccc12)C(=O)N[C@@H](Cc1c[nH]c2ccccc12)C(=O)NCC(=O)N[C@@H](Cc1c[nH]c2ccccc12)C(=O)N[C@@H](Cc1c[nH]c2ccccc12)C(=O)N[C@@H](Cc1c[nH]c2ccccc12)C(=O)N[C@@H](Cc1c[nH]c2ccccc12)C(=O)O. The highest BCUT2D eigenvalue weighted by Crippen LogP contribution is 2.26. The minimum Gasteiger partial charge on any atom is -0.480 e. The minimum atomic E-state index is -1.79. The number of aliphatic hydroxyl groups is 3. The summed E-state index contributed by atoms with van der Waals surface area (Å²) in [6, 6.07) is 29.5. The summed E-state index contributed by atoms with van der Waals surface area (Å²) in [7, 11) is 0. The first-order valence-corrected chi connectivity index (χ1v) is 34.6. The third-order valence-corrected chi connectivity index (χ3v) is 19.0. The predicted molar refractivity (Wildman–Crippen MR) is 397 cm³/mol. The number of hydrogen-bond acceptors (Lipinski definition) is 14. The first-order chi connectivity index (χ1) is 51.8. The van der Waals surface area contributed by atoms with Crippen LogP contribution >= 0.6 is 0 Å². The number of rotatable bonds is 34. The Bertz CT molecular complexity index is 5260. The summed E-state index contributed by atoms with van der Waals surface area (Å²) >= 11 is 0. The van der Waals surface area contributed by atoms with E-state index in [-0.39, 0.29) is 38.5 Å². The molecule has 0 aliphatic rings. The average Bonchev–Trinajstić information content (AvgIpc) is 1.63. The number of aromatic amines is 6. The van der Waals surface area contributed by atoms with Crippen LogP contribution in [0.4, 0.5) is 0 Å². The van der Waals surface area contributed by atoms with Crippen LogP contribution in [0.25, 0.3) is 65.4 Å². The number of para-hydroxylation sites is 6. The van der Waals surface area contributed by atoms with Crippen molar-refractivity contribution in [1.29, 1.82) is 0 Å². The number of carboxylic acids is 1. The number of H-pyrrole nitrogens is 6. The lowest BCUT2D eigenvalue weighted by atomic mass is 9.99. The number of hydrogen-bond donors (Lipinski definition) is 20. The van der Waals surface area contributed by atoms with Crippen LogP contribution in [0.3, 0.4) is 0 Å². The van der Waals surface area contributed by atoms with Gasteiger partial charge in [0.05, 0.1) is 26.4 Å². The van der Waals surface area contributed by atoms with E-state index in [4.69, 9.17) is 5.73 Å². The van der Waals surface area contributed by atoms with E-state index < -0.39 is 140 Å². The summed E-state index contributed by atoms with van der Waals surface area (Å²) in [6.07, 6.45) is 8.93. The molecule has 0 spiro atoms. The molecule has 6 heterocycles. The van der Waals surface area contributed by atoms with Crippen LogP contribution in [0.5, 0.6) is 0 Å². The van der Waals surface area contributed by atoms with Gasteiger partial charge in [0, 0.05) is 141 Å². The number of amides is 9. The number of carboxylic acid groups (broad SMARTS) is 1. The Morgan fingerprint density at radius 1 is 0.290 bits per heavy atom. The van der Waals surface area contributed by atoms with Gasteiger partial charge in [0.1, 0.15) is 54.4 Å². The van der Waals surface area contributed by atoms with Gasteiger partial charge >= 0.3 is 5.97 Å². The topological polar surface area (TPSA) is 481 Å². The van der Waals surface area contributed by atoms with Crippen molar-refractivity contribution < 1.29 is 68.4 Å². The molecule has 0 bridgehead atoms. The Balaban J connectivity index is 0.813. The van der Waals surface area contributed by atoms with Crippen molar-refractivity contribution in [3.05, 3.63) is 216 Å². The second kappa shape index (κ2) is 33.7. The van der Waals surface area contributed by atoms with Crippen molar-refractivity contribution in [1.82, 2.24) is 77.8 Å². The quantitative estimate of drug-likeness (QED) is 0.0273. The number of carbonyl (C=O) groups is 10. The van der Waals surface area contributed by atoms with Crippen molar-refractivity contribution in [3.8, 4) is 0 Å². The van der Waals surface area contributed by atoms with Crippen LogP contribution in [0.1, 0.15) is 33.4 Å². The molecule has 9 atom stereocenters. The molecule has 30 heteroatoms. The normalized spacial score (nSPS) is 14.1. The van der Waals surface area contributed by atoms with Crippen LogP contribution in [0.2, 0.25) is 0 Å². The van der Waals surface area contributed by atoms with Gasteiger partial charge in [0.15, 0.2) is 0 Å². The summed E-state index contributed by atoms with van der Waals surface area (Å²) in [4.78, 5) is 162. The maximum absolute atomic E-state index is 15.4. The fraction of sp³-hybridized carbons (Fsp3) is 0.247. The second-order valence-corrected chi connectivity index (χ2v) is 26.1. The lowest BCUT2D eigenvalue weighted by molar-refractivity contribution is -0.142. The number of nitrogens with one attached hydrogen (secondary N) is 15. The maximum atomic E-state index is 15.4. The molecular formula is C77H80N16O14. The van der Waals surface area contributed by atoms with E-state index in [1.165, 1.54) is 0 Å². The van der Waals surface area contributed by atoms with E-state index in [2.05, 4.69) is 77.8 Å². The summed E-state index contributed by atoms with van der Waals surface area (Å²) in [5.74, 6) is -9.84. The van der Waals surface area contributed by atoms with Crippen LogP contribution in [0.15, 0.2) is 183 Å². The molecule has 0 unspecified atom stereocenters. The van der Waals surface area contributed by atoms with Crippen LogP contribution in [-0.4, -0.2) is 190 Å². The summed E-state index contributed by atoms with van der Waals surface area (Å²) < 4.78 is 0. The second-order valence-electron chi connectivity index (χ2n) is 26.1. The fourth-order valence-electron chi connectivity index (χ4n) is 13.3. The summed E-state index contributed by atoms with van der Waals surface area (Å²) in [5.41, 5.74) is 13.3. The molecule has 30 nitrogen and oxygen atoms in total. The molecule has 0 aliphatic heterocycles. The number of fused-ring (bicyclic) bond motifs is 6. The van der Waals surface area contributed by atoms with Gasteiger partial charge in [-0.1, -0.05) is 109 Å². The van der Waals surface area contributed by atoms with E-state index in [0.717, 1.165) is 21.8 Å². The van der Waals surface area contributed by atoms with Crippen LogP contribution in [-0.2, 0) is 86.5 Å². The number of aliphatic carboxylic acids is 1. The highest BCUT2D eigenvalue weighted by molar-refractivity contribution is 6.00. The van der Waals surface area contributed by atoms with Gasteiger partial charge in [0.25, 0.3) is 0 Å². The lowest BCUT2D eigenvalue weighted by Gasteiger charge is -2.26. The predicted octanol–water partition coefficient (Wildman–Crippen LogP) is 1.71. The van der Waals surface area contributed by atoms with Crippen molar-refractivity contribution in [3.63, 3.8) is 0 Å². The molecule has 0 aliphatic carbocycles. The van der Waals surface area contributed by atoms with Gasteiger partial charge in [-0.05, 0) is 69.8 Å². The third-order valence-electron chi connectivity index (χ3n) is 19.0.